The van der Waals surface area contributed by atoms with E-state index in [1.165, 1.54) is 11.1 Å². The molecule has 1 aliphatic rings. The SMILES string of the molecule is COCc1nc(NCCOc2ccc(C)c(C)c2)cc([C@@H]2CCOC2)n1. The Balaban J connectivity index is 1.58. The molecule has 0 amide bonds. The summed E-state index contributed by atoms with van der Waals surface area (Å²) in [6.45, 7) is 7.33. The number of methoxy groups -OCH3 is 1. The van der Waals surface area contributed by atoms with Crippen molar-refractivity contribution in [1.82, 2.24) is 9.97 Å². The quantitative estimate of drug-likeness (QED) is 0.732. The molecule has 0 saturated carbocycles. The lowest BCUT2D eigenvalue weighted by molar-refractivity contribution is 0.177. The molecule has 1 aromatic heterocycles. The van der Waals surface area contributed by atoms with Crippen LogP contribution in [0.4, 0.5) is 5.82 Å². The summed E-state index contributed by atoms with van der Waals surface area (Å²) in [5.41, 5.74) is 3.52. The van der Waals surface area contributed by atoms with Crippen molar-refractivity contribution in [3.63, 3.8) is 0 Å². The van der Waals surface area contributed by atoms with Gasteiger partial charge in [-0.15, -0.1) is 0 Å². The van der Waals surface area contributed by atoms with Gasteiger partial charge in [0.2, 0.25) is 0 Å². The van der Waals surface area contributed by atoms with Gasteiger partial charge in [0.15, 0.2) is 5.82 Å². The van der Waals surface area contributed by atoms with Crippen LogP contribution in [-0.4, -0.2) is 43.4 Å². The highest BCUT2D eigenvalue weighted by atomic mass is 16.5. The standard InChI is InChI=1S/C20H27N3O3/c1-14-4-5-17(10-15(14)2)26-9-7-21-19-11-18(16-6-8-25-12-16)22-20(23-19)13-24-3/h4-5,10-11,16H,6-9,12-13H2,1-3H3,(H,21,22,23)/t16-/m1/s1. The third-order valence-corrected chi connectivity index (χ3v) is 4.57. The molecule has 1 fully saturated rings. The van der Waals surface area contributed by atoms with Crippen LogP contribution in [0.15, 0.2) is 24.3 Å². The van der Waals surface area contributed by atoms with Crippen molar-refractivity contribution in [1.29, 1.82) is 0 Å². The first-order valence-corrected chi connectivity index (χ1v) is 9.04. The first-order valence-electron chi connectivity index (χ1n) is 9.04. The molecule has 1 atom stereocenters. The van der Waals surface area contributed by atoms with Gasteiger partial charge in [-0.05, 0) is 43.5 Å². The molecule has 1 saturated heterocycles. The number of ether oxygens (including phenoxy) is 3. The maximum absolute atomic E-state index is 5.82. The zero-order chi connectivity index (χ0) is 18.4. The molecule has 0 spiro atoms. The maximum Gasteiger partial charge on any atom is 0.156 e. The molecule has 140 valence electrons. The van der Waals surface area contributed by atoms with E-state index in [1.807, 2.05) is 12.1 Å². The van der Waals surface area contributed by atoms with Crippen LogP contribution in [0.3, 0.4) is 0 Å². The van der Waals surface area contributed by atoms with Gasteiger partial charge in [-0.25, -0.2) is 9.97 Å². The van der Waals surface area contributed by atoms with Gasteiger partial charge in [-0.3, -0.25) is 0 Å². The predicted octanol–water partition coefficient (Wildman–Crippen LogP) is 3.23. The Morgan fingerprint density at radius 3 is 2.81 bits per heavy atom. The van der Waals surface area contributed by atoms with Gasteiger partial charge in [0, 0.05) is 25.7 Å². The average molecular weight is 357 g/mol. The van der Waals surface area contributed by atoms with Crippen LogP contribution in [0.1, 0.15) is 35.0 Å². The van der Waals surface area contributed by atoms with Crippen molar-refractivity contribution >= 4 is 5.82 Å². The monoisotopic (exact) mass is 357 g/mol. The van der Waals surface area contributed by atoms with Crippen molar-refractivity contribution in [3.05, 3.63) is 46.9 Å². The molecular weight excluding hydrogens is 330 g/mol. The third kappa shape index (κ3) is 4.93. The molecule has 6 nitrogen and oxygen atoms in total. The van der Waals surface area contributed by atoms with Crippen LogP contribution in [0.5, 0.6) is 5.75 Å². The van der Waals surface area contributed by atoms with E-state index < -0.39 is 0 Å². The van der Waals surface area contributed by atoms with Gasteiger partial charge in [-0.1, -0.05) is 6.07 Å². The Labute approximate surface area is 154 Å². The van der Waals surface area contributed by atoms with Gasteiger partial charge in [0.25, 0.3) is 0 Å². The molecule has 0 bridgehead atoms. The summed E-state index contributed by atoms with van der Waals surface area (Å²) in [7, 11) is 1.65. The van der Waals surface area contributed by atoms with Crippen molar-refractivity contribution < 1.29 is 14.2 Å². The predicted molar refractivity (Wildman–Crippen MR) is 101 cm³/mol. The number of nitrogens with zero attached hydrogens (tertiary/aromatic N) is 2. The summed E-state index contributed by atoms with van der Waals surface area (Å²) in [5.74, 6) is 2.72. The molecule has 26 heavy (non-hydrogen) atoms. The van der Waals surface area contributed by atoms with E-state index in [0.29, 0.717) is 31.5 Å². The Kier molecular flexibility index (Phi) is 6.41. The molecule has 3 rings (SSSR count). The fourth-order valence-electron chi connectivity index (χ4n) is 2.93. The number of anilines is 1. The van der Waals surface area contributed by atoms with Crippen LogP contribution in [0.25, 0.3) is 0 Å². The first-order chi connectivity index (χ1) is 12.7. The van der Waals surface area contributed by atoms with Gasteiger partial charge in [0.1, 0.15) is 24.8 Å². The summed E-state index contributed by atoms with van der Waals surface area (Å²) in [4.78, 5) is 9.13. The van der Waals surface area contributed by atoms with Gasteiger partial charge >= 0.3 is 0 Å². The highest BCUT2D eigenvalue weighted by Gasteiger charge is 2.20. The van der Waals surface area contributed by atoms with Gasteiger partial charge in [0.05, 0.1) is 18.8 Å². The summed E-state index contributed by atoms with van der Waals surface area (Å²) in [5, 5.41) is 3.33. The lowest BCUT2D eigenvalue weighted by Crippen LogP contribution is -2.15. The van der Waals surface area contributed by atoms with Crippen LogP contribution in [-0.2, 0) is 16.1 Å². The molecule has 2 heterocycles. The molecule has 0 unspecified atom stereocenters. The van der Waals surface area contributed by atoms with Crippen molar-refractivity contribution in [2.75, 3.05) is 38.8 Å². The molecule has 6 heteroatoms. The van der Waals surface area contributed by atoms with Crippen LogP contribution in [0.2, 0.25) is 0 Å². The third-order valence-electron chi connectivity index (χ3n) is 4.57. The van der Waals surface area contributed by atoms with E-state index in [0.717, 1.165) is 36.9 Å². The van der Waals surface area contributed by atoms with E-state index >= 15 is 0 Å². The molecule has 1 aliphatic heterocycles. The minimum Gasteiger partial charge on any atom is -0.492 e. The van der Waals surface area contributed by atoms with E-state index in [1.54, 1.807) is 7.11 Å². The van der Waals surface area contributed by atoms with Crippen LogP contribution >= 0.6 is 0 Å². The zero-order valence-corrected chi connectivity index (χ0v) is 15.7. The Bertz CT molecular complexity index is 730. The molecule has 1 N–H and O–H groups in total. The van der Waals surface area contributed by atoms with Crippen molar-refractivity contribution in [2.45, 2.75) is 32.8 Å². The van der Waals surface area contributed by atoms with Crippen LogP contribution in [0, 0.1) is 13.8 Å². The maximum atomic E-state index is 5.82. The summed E-state index contributed by atoms with van der Waals surface area (Å²) in [6.07, 6.45) is 0.999. The zero-order valence-electron chi connectivity index (χ0n) is 15.7. The summed E-state index contributed by atoms with van der Waals surface area (Å²) >= 11 is 0. The topological polar surface area (TPSA) is 65.5 Å². The minimum absolute atomic E-state index is 0.334. The average Bonchev–Trinajstić information content (AvgIpc) is 3.17. The fourth-order valence-corrected chi connectivity index (χ4v) is 2.93. The minimum atomic E-state index is 0.334. The van der Waals surface area contributed by atoms with E-state index in [2.05, 4.69) is 41.3 Å². The van der Waals surface area contributed by atoms with Crippen molar-refractivity contribution in [2.24, 2.45) is 0 Å². The van der Waals surface area contributed by atoms with Crippen molar-refractivity contribution in [3.8, 4) is 5.75 Å². The first kappa shape index (κ1) is 18.6. The number of nitrogens with one attached hydrogen (secondary N) is 1. The number of aromatic nitrogens is 2. The molecule has 1 aromatic carbocycles. The lowest BCUT2D eigenvalue weighted by Gasteiger charge is -2.13. The Hall–Kier alpha value is -2.18. The second-order valence-corrected chi connectivity index (χ2v) is 6.61. The highest BCUT2D eigenvalue weighted by molar-refractivity contribution is 5.38. The highest BCUT2D eigenvalue weighted by Crippen LogP contribution is 2.25. The summed E-state index contributed by atoms with van der Waals surface area (Å²) < 4.78 is 16.5. The molecule has 0 aliphatic carbocycles. The second kappa shape index (κ2) is 8.96. The number of rotatable bonds is 8. The lowest BCUT2D eigenvalue weighted by atomic mass is 10.0. The number of hydrogen-bond acceptors (Lipinski definition) is 6. The van der Waals surface area contributed by atoms with E-state index in [4.69, 9.17) is 14.2 Å². The number of aryl methyl sites for hydroxylation is 2. The number of hydrogen-bond donors (Lipinski definition) is 1. The summed E-state index contributed by atoms with van der Waals surface area (Å²) in [6, 6.07) is 8.15. The smallest absolute Gasteiger partial charge is 0.156 e. The van der Waals surface area contributed by atoms with Gasteiger partial charge in [-0.2, -0.15) is 0 Å². The number of benzene rings is 1. The van der Waals surface area contributed by atoms with Gasteiger partial charge < -0.3 is 19.5 Å². The normalized spacial score (nSPS) is 16.7. The van der Waals surface area contributed by atoms with E-state index in [9.17, 15) is 0 Å². The second-order valence-electron chi connectivity index (χ2n) is 6.61. The van der Waals surface area contributed by atoms with E-state index in [-0.39, 0.29) is 0 Å². The molecule has 2 aromatic rings. The largest absolute Gasteiger partial charge is 0.492 e. The fraction of sp³-hybridized carbons (Fsp3) is 0.500. The Morgan fingerprint density at radius 2 is 2.08 bits per heavy atom. The van der Waals surface area contributed by atoms with Crippen LogP contribution < -0.4 is 10.1 Å². The molecule has 0 radical (unpaired) electrons. The molecular formula is C20H27N3O3. The Morgan fingerprint density at radius 1 is 1.19 bits per heavy atom.